The maximum absolute atomic E-state index is 11.1. The van der Waals surface area contributed by atoms with Crippen molar-refractivity contribution in [2.24, 2.45) is 0 Å². The Bertz CT molecular complexity index is 396. The van der Waals surface area contributed by atoms with Gasteiger partial charge in [0.25, 0.3) is 0 Å². The summed E-state index contributed by atoms with van der Waals surface area (Å²) in [5.74, 6) is -0.365. The summed E-state index contributed by atoms with van der Waals surface area (Å²) in [4.78, 5) is 22.5. The van der Waals surface area contributed by atoms with Crippen LogP contribution in [0.1, 0.15) is 0 Å². The van der Waals surface area contributed by atoms with Gasteiger partial charge in [0.05, 0.1) is 0 Å². The summed E-state index contributed by atoms with van der Waals surface area (Å²) in [5.41, 5.74) is 0. The molecule has 1 aromatic rings. The van der Waals surface area contributed by atoms with Gasteiger partial charge in [-0.1, -0.05) is 18.2 Å². The molecule has 6 heteroatoms. The van der Waals surface area contributed by atoms with Crippen molar-refractivity contribution in [3.8, 4) is 0 Å². The van der Waals surface area contributed by atoms with Gasteiger partial charge >= 0.3 is 12.1 Å². The van der Waals surface area contributed by atoms with Crippen molar-refractivity contribution in [3.63, 3.8) is 0 Å². The number of alkyl carbamates (subject to hydrolysis) is 1. The predicted octanol–water partition coefficient (Wildman–Crippen LogP) is 1.10. The van der Waals surface area contributed by atoms with Crippen LogP contribution in [0.2, 0.25) is 0 Å². The van der Waals surface area contributed by atoms with Crippen LogP contribution in [0.25, 0.3) is 0 Å². The predicted molar refractivity (Wildman–Crippen MR) is 69.9 cm³/mol. The number of carbonyl (C=O) groups excluding carboxylic acids is 1. The van der Waals surface area contributed by atoms with E-state index in [-0.39, 0.29) is 17.5 Å². The standard InChI is InChI=1S/C12H15NO4S/c1-18(10-5-3-2-4-6-10)8-7-17-12(16)13-9-11(14)15/h2-6H,7-9H2,1H3,(H-,13,14,15,16)/p+1. The molecule has 0 aromatic heterocycles. The second-order valence-corrected chi connectivity index (χ2v) is 5.69. The zero-order valence-electron chi connectivity index (χ0n) is 10.1. The van der Waals surface area contributed by atoms with E-state index < -0.39 is 18.6 Å². The average Bonchev–Trinajstić information content (AvgIpc) is 2.37. The van der Waals surface area contributed by atoms with Gasteiger partial charge in [-0.05, 0) is 12.1 Å². The van der Waals surface area contributed by atoms with E-state index in [4.69, 9.17) is 9.84 Å². The summed E-state index contributed by atoms with van der Waals surface area (Å²) in [6.45, 7) is -0.144. The zero-order valence-corrected chi connectivity index (χ0v) is 10.9. The Morgan fingerprint density at radius 2 is 2.00 bits per heavy atom. The van der Waals surface area contributed by atoms with Crippen molar-refractivity contribution in [1.82, 2.24) is 5.32 Å². The third-order valence-electron chi connectivity index (χ3n) is 2.15. The minimum atomic E-state index is -1.09. The first-order valence-corrected chi connectivity index (χ1v) is 7.20. The Balaban J connectivity index is 2.21. The number of carboxylic acids is 1. The first kappa shape index (κ1) is 14.4. The van der Waals surface area contributed by atoms with E-state index in [0.717, 1.165) is 5.75 Å². The minimum absolute atomic E-state index is 0.0161. The SMILES string of the molecule is C[S+](CCOC(=O)NCC(=O)O)c1ccccc1. The van der Waals surface area contributed by atoms with Crippen LogP contribution in [-0.4, -0.2) is 42.3 Å². The van der Waals surface area contributed by atoms with Gasteiger partial charge in [0.2, 0.25) is 0 Å². The monoisotopic (exact) mass is 270 g/mol. The minimum Gasteiger partial charge on any atom is -0.480 e. The molecule has 1 atom stereocenters. The molecule has 1 unspecified atom stereocenters. The highest BCUT2D eigenvalue weighted by atomic mass is 32.2. The number of rotatable bonds is 6. The van der Waals surface area contributed by atoms with E-state index in [1.807, 2.05) is 30.3 Å². The molecule has 0 bridgehead atoms. The molecule has 0 aliphatic carbocycles. The Morgan fingerprint density at radius 1 is 1.33 bits per heavy atom. The van der Waals surface area contributed by atoms with Gasteiger partial charge in [0.1, 0.15) is 25.2 Å². The number of benzene rings is 1. The van der Waals surface area contributed by atoms with Gasteiger partial charge in [-0.15, -0.1) is 0 Å². The van der Waals surface area contributed by atoms with E-state index in [1.54, 1.807) is 0 Å². The lowest BCUT2D eigenvalue weighted by Crippen LogP contribution is -2.31. The fourth-order valence-electron chi connectivity index (χ4n) is 1.23. The van der Waals surface area contributed by atoms with Crippen molar-refractivity contribution in [3.05, 3.63) is 30.3 Å². The van der Waals surface area contributed by atoms with Crippen molar-refractivity contribution >= 4 is 23.0 Å². The molecule has 0 saturated heterocycles. The van der Waals surface area contributed by atoms with E-state index in [2.05, 4.69) is 11.6 Å². The number of carbonyl (C=O) groups is 2. The molecule has 1 aromatic carbocycles. The maximum Gasteiger partial charge on any atom is 0.407 e. The number of hydrogen-bond donors (Lipinski definition) is 2. The third-order valence-corrected chi connectivity index (χ3v) is 4.01. The van der Waals surface area contributed by atoms with Crippen LogP contribution in [0.3, 0.4) is 0 Å². The number of hydrogen-bond acceptors (Lipinski definition) is 3. The van der Waals surface area contributed by atoms with Crippen LogP contribution in [0.5, 0.6) is 0 Å². The maximum atomic E-state index is 11.1. The van der Waals surface area contributed by atoms with Crippen LogP contribution < -0.4 is 5.32 Å². The van der Waals surface area contributed by atoms with E-state index in [0.29, 0.717) is 0 Å². The van der Waals surface area contributed by atoms with Crippen LogP contribution >= 0.6 is 0 Å². The molecule has 0 aliphatic heterocycles. The topological polar surface area (TPSA) is 75.6 Å². The molecule has 5 nitrogen and oxygen atoms in total. The average molecular weight is 270 g/mol. The van der Waals surface area contributed by atoms with E-state index >= 15 is 0 Å². The molecule has 2 N–H and O–H groups in total. The molecule has 1 amide bonds. The van der Waals surface area contributed by atoms with Crippen molar-refractivity contribution in [2.45, 2.75) is 4.90 Å². The van der Waals surface area contributed by atoms with Crippen molar-refractivity contribution < 1.29 is 19.4 Å². The highest BCUT2D eigenvalue weighted by Crippen LogP contribution is 2.10. The summed E-state index contributed by atoms with van der Waals surface area (Å²) < 4.78 is 4.88. The van der Waals surface area contributed by atoms with Gasteiger partial charge in [0.15, 0.2) is 4.90 Å². The zero-order chi connectivity index (χ0) is 13.4. The highest BCUT2D eigenvalue weighted by molar-refractivity contribution is 7.96. The van der Waals surface area contributed by atoms with Gasteiger partial charge in [-0.3, -0.25) is 4.79 Å². The fourth-order valence-corrected chi connectivity index (χ4v) is 2.42. The Labute approximate surface area is 108 Å². The summed E-state index contributed by atoms with van der Waals surface area (Å²) in [7, 11) is 0.0161. The first-order chi connectivity index (χ1) is 8.59. The van der Waals surface area contributed by atoms with Crippen LogP contribution in [0.4, 0.5) is 4.79 Å². The van der Waals surface area contributed by atoms with Gasteiger partial charge < -0.3 is 15.2 Å². The normalized spacial score (nSPS) is 11.6. The molecule has 0 radical (unpaired) electrons. The lowest BCUT2D eigenvalue weighted by atomic mass is 10.4. The number of aliphatic carboxylic acids is 1. The largest absolute Gasteiger partial charge is 0.480 e. The molecule has 0 spiro atoms. The van der Waals surface area contributed by atoms with Gasteiger partial charge in [0, 0.05) is 10.9 Å². The number of nitrogens with one attached hydrogen (secondary N) is 1. The fraction of sp³-hybridized carbons (Fsp3) is 0.333. The Hall–Kier alpha value is -1.69. The van der Waals surface area contributed by atoms with Gasteiger partial charge in [-0.2, -0.15) is 0 Å². The quantitative estimate of drug-likeness (QED) is 0.759. The Kier molecular flexibility index (Phi) is 6.07. The number of ether oxygens (including phenoxy) is 1. The smallest absolute Gasteiger partial charge is 0.407 e. The molecule has 0 saturated carbocycles. The van der Waals surface area contributed by atoms with Crippen molar-refractivity contribution in [2.75, 3.05) is 25.2 Å². The molecular formula is C12H16NO4S+. The summed E-state index contributed by atoms with van der Waals surface area (Å²) in [6.07, 6.45) is 1.39. The molecule has 18 heavy (non-hydrogen) atoms. The molecule has 0 aliphatic rings. The van der Waals surface area contributed by atoms with Crippen LogP contribution in [0, 0.1) is 0 Å². The second kappa shape index (κ2) is 7.60. The highest BCUT2D eigenvalue weighted by Gasteiger charge is 2.15. The molecule has 98 valence electrons. The number of amides is 1. The van der Waals surface area contributed by atoms with Crippen LogP contribution in [0.15, 0.2) is 35.2 Å². The third kappa shape index (κ3) is 5.58. The second-order valence-electron chi connectivity index (χ2n) is 3.54. The molecule has 0 heterocycles. The lowest BCUT2D eigenvalue weighted by Gasteiger charge is -2.05. The van der Waals surface area contributed by atoms with E-state index in [9.17, 15) is 9.59 Å². The summed E-state index contributed by atoms with van der Waals surface area (Å²) >= 11 is 0. The summed E-state index contributed by atoms with van der Waals surface area (Å²) in [6, 6.07) is 9.97. The van der Waals surface area contributed by atoms with E-state index in [1.165, 1.54) is 4.90 Å². The Morgan fingerprint density at radius 3 is 2.61 bits per heavy atom. The molecular weight excluding hydrogens is 254 g/mol. The number of carboxylic acid groups (broad SMARTS) is 1. The van der Waals surface area contributed by atoms with Crippen LogP contribution in [-0.2, 0) is 20.4 Å². The lowest BCUT2D eigenvalue weighted by molar-refractivity contribution is -0.135. The first-order valence-electron chi connectivity index (χ1n) is 5.39. The van der Waals surface area contributed by atoms with Crippen molar-refractivity contribution in [1.29, 1.82) is 0 Å². The summed E-state index contributed by atoms with van der Waals surface area (Å²) in [5, 5.41) is 10.5. The van der Waals surface area contributed by atoms with Gasteiger partial charge in [-0.25, -0.2) is 4.79 Å². The molecule has 0 fully saturated rings. The molecule has 1 rings (SSSR count).